The van der Waals surface area contributed by atoms with E-state index in [2.05, 4.69) is 10.6 Å². The molecule has 2 N–H and O–H groups in total. The summed E-state index contributed by atoms with van der Waals surface area (Å²) in [6.07, 6.45) is 10.5. The number of benzene rings is 1. The fourth-order valence-corrected chi connectivity index (χ4v) is 5.95. The molecule has 0 radical (unpaired) electrons. The van der Waals surface area contributed by atoms with Crippen LogP contribution in [-0.2, 0) is 14.3 Å². The van der Waals surface area contributed by atoms with E-state index in [1.165, 1.54) is 32.1 Å². The van der Waals surface area contributed by atoms with Crippen LogP contribution in [0.15, 0.2) is 18.2 Å². The molecule has 2 heterocycles. The summed E-state index contributed by atoms with van der Waals surface area (Å²) < 4.78 is 12.4. The summed E-state index contributed by atoms with van der Waals surface area (Å²) in [6, 6.07) is 5.12. The zero-order valence-electron chi connectivity index (χ0n) is 21.3. The van der Waals surface area contributed by atoms with E-state index in [4.69, 9.17) is 9.47 Å². The fraction of sp³-hybridized carbons (Fsp3) is 0.679. The highest BCUT2D eigenvalue weighted by Crippen LogP contribution is 2.33. The number of carbonyl (C=O) groups excluding carboxylic acids is 3. The Hall–Kier alpha value is -2.61. The third-order valence-corrected chi connectivity index (χ3v) is 8.48. The van der Waals surface area contributed by atoms with Crippen molar-refractivity contribution < 1.29 is 23.9 Å². The van der Waals surface area contributed by atoms with Crippen molar-refractivity contribution in [2.24, 2.45) is 11.8 Å². The molecule has 8 nitrogen and oxygen atoms in total. The van der Waals surface area contributed by atoms with Gasteiger partial charge in [-0.2, -0.15) is 0 Å². The summed E-state index contributed by atoms with van der Waals surface area (Å²) in [7, 11) is 1.80. The minimum absolute atomic E-state index is 0.0170. The monoisotopic (exact) mass is 497 g/mol. The second kappa shape index (κ2) is 11.2. The summed E-state index contributed by atoms with van der Waals surface area (Å²) in [5.41, 5.74) is 1.07. The third kappa shape index (κ3) is 5.69. The van der Waals surface area contributed by atoms with Crippen molar-refractivity contribution in [3.8, 4) is 5.75 Å². The van der Waals surface area contributed by atoms with Crippen LogP contribution < -0.4 is 15.4 Å². The molecule has 2 aliphatic carbocycles. The van der Waals surface area contributed by atoms with Crippen molar-refractivity contribution in [3.63, 3.8) is 0 Å². The van der Waals surface area contributed by atoms with E-state index in [-0.39, 0.29) is 41.9 Å². The predicted molar refractivity (Wildman–Crippen MR) is 136 cm³/mol. The van der Waals surface area contributed by atoms with Gasteiger partial charge in [-0.25, -0.2) is 0 Å². The molecule has 2 saturated carbocycles. The van der Waals surface area contributed by atoms with Crippen LogP contribution in [0.2, 0.25) is 0 Å². The van der Waals surface area contributed by atoms with Gasteiger partial charge in [-0.1, -0.05) is 25.7 Å². The maximum Gasteiger partial charge on any atom is 0.257 e. The zero-order valence-corrected chi connectivity index (χ0v) is 21.3. The summed E-state index contributed by atoms with van der Waals surface area (Å²) in [4.78, 5) is 40.1. The quantitative estimate of drug-likeness (QED) is 0.622. The molecular formula is C28H39N3O5. The molecule has 4 aliphatic rings. The number of amides is 3. The number of likely N-dealkylation sites (N-methyl/N-ethyl adjacent to an activating group) is 1. The third-order valence-electron chi connectivity index (χ3n) is 8.48. The van der Waals surface area contributed by atoms with Gasteiger partial charge in [-0.15, -0.1) is 0 Å². The van der Waals surface area contributed by atoms with E-state index < -0.39 is 0 Å². The van der Waals surface area contributed by atoms with Gasteiger partial charge in [0.25, 0.3) is 5.91 Å². The lowest BCUT2D eigenvalue weighted by Crippen LogP contribution is -2.54. The Morgan fingerprint density at radius 1 is 1.03 bits per heavy atom. The van der Waals surface area contributed by atoms with Gasteiger partial charge in [-0.3, -0.25) is 14.4 Å². The SMILES string of the molecule is CN1C(=O)c2cc(NC(=O)C3CCC3)ccc2OC[C@@H]2O[C@H](CC(=O)NCC3CCCCC3)CC[C@@H]21. The van der Waals surface area contributed by atoms with Crippen molar-refractivity contribution in [2.45, 2.75) is 88.9 Å². The molecule has 5 rings (SSSR count). The van der Waals surface area contributed by atoms with Crippen molar-refractivity contribution in [2.75, 3.05) is 25.5 Å². The first-order valence-electron chi connectivity index (χ1n) is 13.7. The van der Waals surface area contributed by atoms with Crippen LogP contribution in [0.4, 0.5) is 5.69 Å². The van der Waals surface area contributed by atoms with E-state index in [0.717, 1.165) is 38.6 Å². The van der Waals surface area contributed by atoms with Crippen molar-refractivity contribution in [1.82, 2.24) is 10.2 Å². The van der Waals surface area contributed by atoms with Crippen LogP contribution in [0.3, 0.4) is 0 Å². The number of hydrogen-bond acceptors (Lipinski definition) is 5. The average molecular weight is 498 g/mol. The molecule has 8 heteroatoms. The lowest BCUT2D eigenvalue weighted by Gasteiger charge is -2.42. The van der Waals surface area contributed by atoms with E-state index in [1.807, 2.05) is 0 Å². The van der Waals surface area contributed by atoms with Gasteiger partial charge in [0, 0.05) is 25.2 Å². The van der Waals surface area contributed by atoms with Crippen molar-refractivity contribution in [1.29, 1.82) is 0 Å². The smallest absolute Gasteiger partial charge is 0.257 e. The molecule has 196 valence electrons. The molecule has 3 amide bonds. The van der Waals surface area contributed by atoms with Gasteiger partial charge in [-0.05, 0) is 62.6 Å². The van der Waals surface area contributed by atoms with Crippen LogP contribution >= 0.6 is 0 Å². The van der Waals surface area contributed by atoms with E-state index in [1.54, 1.807) is 30.1 Å². The van der Waals surface area contributed by atoms with Crippen LogP contribution in [0.25, 0.3) is 0 Å². The first-order chi connectivity index (χ1) is 17.5. The number of rotatable bonds is 6. The molecular weight excluding hydrogens is 458 g/mol. The van der Waals surface area contributed by atoms with Gasteiger partial charge >= 0.3 is 0 Å². The number of carbonyl (C=O) groups is 3. The summed E-state index contributed by atoms with van der Waals surface area (Å²) in [6.45, 7) is 1.07. The number of anilines is 1. The highest BCUT2D eigenvalue weighted by molar-refractivity contribution is 6.00. The summed E-state index contributed by atoms with van der Waals surface area (Å²) in [5.74, 6) is 1.08. The Bertz CT molecular complexity index is 972. The van der Waals surface area contributed by atoms with Gasteiger partial charge in [0.15, 0.2) is 0 Å². The highest BCUT2D eigenvalue weighted by atomic mass is 16.5. The molecule has 36 heavy (non-hydrogen) atoms. The van der Waals surface area contributed by atoms with E-state index in [0.29, 0.717) is 35.9 Å². The summed E-state index contributed by atoms with van der Waals surface area (Å²) in [5, 5.41) is 6.06. The highest BCUT2D eigenvalue weighted by Gasteiger charge is 2.39. The first kappa shape index (κ1) is 25.1. The molecule has 1 aromatic carbocycles. The molecule has 2 aliphatic heterocycles. The maximum atomic E-state index is 13.4. The molecule has 0 aromatic heterocycles. The minimum Gasteiger partial charge on any atom is -0.490 e. The largest absolute Gasteiger partial charge is 0.490 e. The molecule has 1 aromatic rings. The van der Waals surface area contributed by atoms with Crippen LogP contribution in [-0.4, -0.2) is 61.1 Å². The van der Waals surface area contributed by atoms with Gasteiger partial charge < -0.3 is 25.0 Å². The standard InChI is InChI=1S/C28H39N3O5/c1-31-23-12-11-21(15-26(32)29-16-18-6-3-2-4-7-18)36-25(23)17-35-24-13-10-20(14-22(24)28(31)34)30-27(33)19-8-5-9-19/h10,13-14,18-19,21,23,25H,2-9,11-12,15-17H2,1H3,(H,29,32)(H,30,33)/t21-,23-,25-/m0/s1. The van der Waals surface area contributed by atoms with Gasteiger partial charge in [0.05, 0.1) is 24.1 Å². The summed E-state index contributed by atoms with van der Waals surface area (Å²) >= 11 is 0. The normalized spacial score (nSPS) is 27.0. The molecule has 3 atom stereocenters. The zero-order chi connectivity index (χ0) is 25.1. The molecule has 0 bridgehead atoms. The predicted octanol–water partition coefficient (Wildman–Crippen LogP) is 3.89. The van der Waals surface area contributed by atoms with Crippen LogP contribution in [0.5, 0.6) is 5.75 Å². The Morgan fingerprint density at radius 3 is 2.58 bits per heavy atom. The number of fused-ring (bicyclic) bond motifs is 2. The Balaban J connectivity index is 1.18. The fourth-order valence-electron chi connectivity index (χ4n) is 5.95. The Labute approximate surface area is 213 Å². The van der Waals surface area contributed by atoms with Crippen LogP contribution in [0.1, 0.15) is 81.0 Å². The number of nitrogens with one attached hydrogen (secondary N) is 2. The molecule has 1 saturated heterocycles. The lowest BCUT2D eigenvalue weighted by molar-refractivity contribution is -0.134. The van der Waals surface area contributed by atoms with Crippen molar-refractivity contribution in [3.05, 3.63) is 23.8 Å². The van der Waals surface area contributed by atoms with E-state index >= 15 is 0 Å². The second-order valence-corrected chi connectivity index (χ2v) is 11.0. The Kier molecular flexibility index (Phi) is 7.79. The average Bonchev–Trinajstić information content (AvgIpc) is 2.85. The van der Waals surface area contributed by atoms with Gasteiger partial charge in [0.1, 0.15) is 18.5 Å². The lowest BCUT2D eigenvalue weighted by atomic mass is 9.85. The molecule has 0 unspecified atom stereocenters. The minimum atomic E-state index is -0.296. The number of nitrogens with zero attached hydrogens (tertiary/aromatic N) is 1. The first-order valence-corrected chi connectivity index (χ1v) is 13.7. The Morgan fingerprint density at radius 2 is 1.83 bits per heavy atom. The molecule has 3 fully saturated rings. The van der Waals surface area contributed by atoms with Crippen LogP contribution in [0, 0.1) is 11.8 Å². The topological polar surface area (TPSA) is 97.0 Å². The maximum absolute atomic E-state index is 13.4. The van der Waals surface area contributed by atoms with Crippen molar-refractivity contribution >= 4 is 23.4 Å². The number of hydrogen-bond donors (Lipinski definition) is 2. The van der Waals surface area contributed by atoms with E-state index in [9.17, 15) is 14.4 Å². The second-order valence-electron chi connectivity index (χ2n) is 11.0. The molecule has 0 spiro atoms. The van der Waals surface area contributed by atoms with Gasteiger partial charge in [0.2, 0.25) is 11.8 Å². The number of ether oxygens (including phenoxy) is 2.